The van der Waals surface area contributed by atoms with E-state index < -0.39 is 11.8 Å². The lowest BCUT2D eigenvalue weighted by atomic mass is 10.1. The molecular weight excluding hydrogens is 340 g/mol. The Kier molecular flexibility index (Phi) is 5.35. The third kappa shape index (κ3) is 4.28. The molecule has 7 heteroatoms. The van der Waals surface area contributed by atoms with Crippen LogP contribution in [0.25, 0.3) is 0 Å². The van der Waals surface area contributed by atoms with Crippen LogP contribution in [0.2, 0.25) is 0 Å². The molecule has 3 rings (SSSR count). The average Bonchev–Trinajstić information content (AvgIpc) is 3.05. The van der Waals surface area contributed by atoms with E-state index in [-0.39, 0.29) is 23.7 Å². The second kappa shape index (κ2) is 7.68. The predicted molar refractivity (Wildman–Crippen MR) is 94.1 cm³/mol. The number of hydrogen-bond donors (Lipinski definition) is 1. The Morgan fingerprint density at radius 1 is 1.35 bits per heavy atom. The summed E-state index contributed by atoms with van der Waals surface area (Å²) in [6.07, 6.45) is 1.51. The van der Waals surface area contributed by atoms with Crippen LogP contribution in [0.3, 0.4) is 0 Å². The minimum absolute atomic E-state index is 0.0758. The average molecular weight is 361 g/mol. The third-order valence-electron chi connectivity index (χ3n) is 4.39. The number of nitrogens with one attached hydrogen (secondary N) is 1. The number of carbonyl (C=O) groups excluding carboxylic acids is 1. The van der Waals surface area contributed by atoms with Crippen LogP contribution in [0.4, 0.5) is 14.5 Å². The zero-order valence-electron chi connectivity index (χ0n) is 14.7. The first-order valence-corrected chi connectivity index (χ1v) is 8.52. The molecule has 0 bridgehead atoms. The Morgan fingerprint density at radius 3 is 2.77 bits per heavy atom. The minimum atomic E-state index is -0.699. The molecule has 1 fully saturated rings. The maximum absolute atomic E-state index is 13.8. The van der Waals surface area contributed by atoms with Gasteiger partial charge in [-0.2, -0.15) is 4.39 Å². The van der Waals surface area contributed by atoms with Crippen molar-refractivity contribution in [3.63, 3.8) is 0 Å². The van der Waals surface area contributed by atoms with Gasteiger partial charge in [-0.25, -0.2) is 9.37 Å². The smallest absolute Gasteiger partial charge is 0.217 e. The van der Waals surface area contributed by atoms with Gasteiger partial charge in [0.15, 0.2) is 5.82 Å². The van der Waals surface area contributed by atoms with Crippen molar-refractivity contribution in [2.75, 3.05) is 18.0 Å². The number of amides is 1. The van der Waals surface area contributed by atoms with Crippen LogP contribution in [0.1, 0.15) is 31.9 Å². The molecule has 0 aliphatic carbocycles. The highest BCUT2D eigenvalue weighted by atomic mass is 19.1. The van der Waals surface area contributed by atoms with Gasteiger partial charge in [-0.15, -0.1) is 0 Å². The quantitative estimate of drug-likeness (QED) is 0.831. The molecule has 1 N–H and O–H groups in total. The van der Waals surface area contributed by atoms with Gasteiger partial charge in [0.05, 0.1) is 24.5 Å². The van der Waals surface area contributed by atoms with Crippen LogP contribution in [0.5, 0.6) is 5.75 Å². The van der Waals surface area contributed by atoms with Gasteiger partial charge in [0.25, 0.3) is 0 Å². The minimum Gasteiger partial charge on any atom is -0.489 e. The molecule has 2 atom stereocenters. The lowest BCUT2D eigenvalue weighted by molar-refractivity contribution is -0.119. The summed E-state index contributed by atoms with van der Waals surface area (Å²) in [5.74, 6) is -0.612. The zero-order valence-corrected chi connectivity index (χ0v) is 14.7. The summed E-state index contributed by atoms with van der Waals surface area (Å²) in [6, 6.07) is 8.54. The van der Waals surface area contributed by atoms with E-state index >= 15 is 0 Å². The van der Waals surface area contributed by atoms with Crippen molar-refractivity contribution in [2.24, 2.45) is 0 Å². The van der Waals surface area contributed by atoms with Crippen molar-refractivity contribution in [1.82, 2.24) is 10.3 Å². The molecule has 0 saturated carbocycles. The summed E-state index contributed by atoms with van der Waals surface area (Å²) >= 11 is 0. The van der Waals surface area contributed by atoms with Crippen LogP contribution < -0.4 is 15.0 Å². The van der Waals surface area contributed by atoms with Crippen LogP contribution in [0.15, 0.2) is 36.5 Å². The van der Waals surface area contributed by atoms with Gasteiger partial charge in [-0.3, -0.25) is 4.79 Å². The van der Waals surface area contributed by atoms with E-state index in [1.807, 2.05) is 31.2 Å². The van der Waals surface area contributed by atoms with E-state index in [4.69, 9.17) is 4.74 Å². The number of ether oxygens (including phenoxy) is 1. The highest BCUT2D eigenvalue weighted by Crippen LogP contribution is 2.26. The van der Waals surface area contributed by atoms with Gasteiger partial charge in [-0.1, -0.05) is 12.1 Å². The molecule has 2 aromatic rings. The van der Waals surface area contributed by atoms with E-state index in [1.165, 1.54) is 6.92 Å². The Morgan fingerprint density at radius 2 is 2.08 bits per heavy atom. The normalized spacial score (nSPS) is 17.8. The van der Waals surface area contributed by atoms with Crippen LogP contribution in [0, 0.1) is 11.8 Å². The summed E-state index contributed by atoms with van der Waals surface area (Å²) in [5, 5.41) is 2.83. The number of carbonyl (C=O) groups is 1. The molecule has 1 amide bonds. The molecule has 2 heterocycles. The maximum Gasteiger partial charge on any atom is 0.217 e. The van der Waals surface area contributed by atoms with Crippen molar-refractivity contribution in [3.05, 3.63) is 53.9 Å². The first kappa shape index (κ1) is 18.1. The predicted octanol–water partition coefficient (Wildman–Crippen LogP) is 3.21. The Bertz CT molecular complexity index is 783. The van der Waals surface area contributed by atoms with Crippen molar-refractivity contribution in [2.45, 2.75) is 32.4 Å². The Balaban J connectivity index is 1.60. The molecule has 138 valence electrons. The first-order valence-electron chi connectivity index (χ1n) is 8.52. The molecule has 1 aliphatic rings. The van der Waals surface area contributed by atoms with E-state index in [2.05, 4.69) is 10.3 Å². The molecule has 1 aliphatic heterocycles. The van der Waals surface area contributed by atoms with Gasteiger partial charge < -0.3 is 15.0 Å². The monoisotopic (exact) mass is 361 g/mol. The number of pyridine rings is 1. The molecule has 1 aromatic heterocycles. The fourth-order valence-electron chi connectivity index (χ4n) is 3.10. The summed E-state index contributed by atoms with van der Waals surface area (Å²) < 4.78 is 33.1. The van der Waals surface area contributed by atoms with Crippen molar-refractivity contribution < 1.29 is 18.3 Å². The second-order valence-corrected chi connectivity index (χ2v) is 6.42. The highest BCUT2D eigenvalue weighted by molar-refractivity contribution is 5.73. The number of hydrogen-bond acceptors (Lipinski definition) is 4. The standard InChI is InChI=1S/C19H21F2N3O2/c1-12(23-13(2)25)14-3-5-15(6-4-14)26-16-7-8-24(11-16)18-9-19(21)22-10-17(18)20/h3-6,9-10,12,16H,7-8,11H2,1-2H3,(H,23,25)/t12-,16+/m0/s1. The lowest BCUT2D eigenvalue weighted by Crippen LogP contribution is -2.25. The van der Waals surface area contributed by atoms with Gasteiger partial charge in [0.2, 0.25) is 11.9 Å². The number of aromatic nitrogens is 1. The van der Waals surface area contributed by atoms with Gasteiger partial charge in [0.1, 0.15) is 11.9 Å². The topological polar surface area (TPSA) is 54.5 Å². The zero-order chi connectivity index (χ0) is 18.7. The van der Waals surface area contributed by atoms with E-state index in [1.54, 1.807) is 4.90 Å². The largest absolute Gasteiger partial charge is 0.489 e. The van der Waals surface area contributed by atoms with E-state index in [0.29, 0.717) is 25.3 Å². The van der Waals surface area contributed by atoms with Crippen molar-refractivity contribution >= 4 is 11.6 Å². The molecule has 1 aromatic carbocycles. The number of halogens is 2. The van der Waals surface area contributed by atoms with Crippen LogP contribution in [-0.2, 0) is 4.79 Å². The second-order valence-electron chi connectivity index (χ2n) is 6.42. The number of anilines is 1. The van der Waals surface area contributed by atoms with Crippen LogP contribution >= 0.6 is 0 Å². The fourth-order valence-corrected chi connectivity index (χ4v) is 3.10. The number of nitrogens with zero attached hydrogens (tertiary/aromatic N) is 2. The molecule has 0 unspecified atom stereocenters. The van der Waals surface area contributed by atoms with Crippen molar-refractivity contribution in [3.8, 4) is 5.75 Å². The Labute approximate surface area is 151 Å². The first-order chi connectivity index (χ1) is 12.4. The molecule has 26 heavy (non-hydrogen) atoms. The highest BCUT2D eigenvalue weighted by Gasteiger charge is 2.26. The molecule has 1 saturated heterocycles. The summed E-state index contributed by atoms with van der Waals surface area (Å²) in [7, 11) is 0. The number of rotatable bonds is 5. The van der Waals surface area contributed by atoms with Crippen molar-refractivity contribution in [1.29, 1.82) is 0 Å². The SMILES string of the molecule is CC(=O)N[C@@H](C)c1ccc(O[C@@H]2CCN(c3cc(F)ncc3F)C2)cc1. The van der Waals surface area contributed by atoms with Crippen LogP contribution in [-0.4, -0.2) is 30.1 Å². The van der Waals surface area contributed by atoms with E-state index in [0.717, 1.165) is 17.8 Å². The summed E-state index contributed by atoms with van der Waals surface area (Å²) in [6.45, 7) is 4.46. The molecule has 0 spiro atoms. The lowest BCUT2D eigenvalue weighted by Gasteiger charge is -2.20. The summed E-state index contributed by atoms with van der Waals surface area (Å²) in [5.41, 5.74) is 1.19. The van der Waals surface area contributed by atoms with Gasteiger partial charge in [-0.05, 0) is 24.6 Å². The molecular formula is C19H21F2N3O2. The fraction of sp³-hybridized carbons (Fsp3) is 0.368. The molecule has 0 radical (unpaired) electrons. The van der Waals surface area contributed by atoms with Gasteiger partial charge in [0, 0.05) is 26.0 Å². The number of benzene rings is 1. The Hall–Kier alpha value is -2.70. The molecule has 5 nitrogen and oxygen atoms in total. The third-order valence-corrected chi connectivity index (χ3v) is 4.39. The van der Waals surface area contributed by atoms with E-state index in [9.17, 15) is 13.6 Å². The summed E-state index contributed by atoms with van der Waals surface area (Å²) in [4.78, 5) is 16.2. The maximum atomic E-state index is 13.8. The van der Waals surface area contributed by atoms with Gasteiger partial charge >= 0.3 is 0 Å².